The van der Waals surface area contributed by atoms with E-state index >= 15 is 0 Å². The van der Waals surface area contributed by atoms with Gasteiger partial charge in [-0.1, -0.05) is 0 Å². The summed E-state index contributed by atoms with van der Waals surface area (Å²) in [6.45, 7) is 4.59. The first kappa shape index (κ1) is 77.6. The van der Waals surface area contributed by atoms with E-state index in [0.29, 0.717) is 12.1 Å². The van der Waals surface area contributed by atoms with Gasteiger partial charge < -0.3 is 39.8 Å². The predicted molar refractivity (Wildman–Crippen MR) is 347 cm³/mol. The number of benzene rings is 6. The number of nitrogens with zero attached hydrogens (tertiary/aromatic N) is 8. The number of hydrogen-bond donors (Lipinski definition) is 10. The van der Waals surface area contributed by atoms with Crippen LogP contribution in [-0.4, -0.2) is 155 Å². The number of aryl methyl sites for hydroxylation is 4. The summed E-state index contributed by atoms with van der Waals surface area (Å²) >= 11 is 0. The van der Waals surface area contributed by atoms with Gasteiger partial charge in [-0.3, -0.25) is 27.3 Å². The Morgan fingerprint density at radius 3 is 0.878 bits per heavy atom. The van der Waals surface area contributed by atoms with Gasteiger partial charge in [-0.2, -0.15) is 71.0 Å². The lowest BCUT2D eigenvalue weighted by Crippen LogP contribution is -2.21. The van der Waals surface area contributed by atoms with Gasteiger partial charge in [0.2, 0.25) is 0 Å². The second-order valence-corrected chi connectivity index (χ2v) is 29.8. The first-order chi connectivity index (χ1) is 45.5. The van der Waals surface area contributed by atoms with Gasteiger partial charge in [0, 0.05) is 24.3 Å². The second kappa shape index (κ2) is 32.8. The summed E-state index contributed by atoms with van der Waals surface area (Å²) in [5.41, 5.74) is -1.01. The van der Waals surface area contributed by atoms with Gasteiger partial charge in [0.25, 0.3) is 60.7 Å². The van der Waals surface area contributed by atoms with E-state index in [9.17, 15) is 102 Å². The molecule has 0 aromatic heterocycles. The van der Waals surface area contributed by atoms with Crippen molar-refractivity contribution in [2.24, 2.45) is 40.9 Å². The smallest absolute Gasteiger partial charge is 0.335 e. The Balaban J connectivity index is 1.36. The molecule has 0 radical (unpaired) electrons. The topological polar surface area (TPSA) is 578 Å². The summed E-state index contributed by atoms with van der Waals surface area (Å²) < 4.78 is 222. The van der Waals surface area contributed by atoms with Crippen LogP contribution in [0.25, 0.3) is 0 Å². The highest BCUT2D eigenvalue weighted by Gasteiger charge is 2.23. The number of nitrogens with one attached hydrogen (secondary N) is 2. The van der Waals surface area contributed by atoms with Crippen LogP contribution < -0.4 is 29.6 Å². The number of hydrogen-bond acceptors (Lipinski definition) is 27. The molecule has 0 unspecified atom stereocenters. The summed E-state index contributed by atoms with van der Waals surface area (Å²) in [6.07, 6.45) is -1.04. The normalized spacial score (nSPS) is 12.6. The Bertz CT molecular complexity index is 4610. The van der Waals surface area contributed by atoms with Crippen molar-refractivity contribution in [1.82, 2.24) is 0 Å². The SMILES string of the molecule is Cc1cc(NC(=O)Nc2cc(C)c(N=Nc3cc(C)c(N=Nc4ccc(C(=O)O)cc4S(=O)(=O)O)cc3OCCCS(=O)(=O)O)cc2OCCCS(=O)(=O)O)c(OCCCS(=O)(=O)O)cc1N=Nc1cc(C)c(N=Nc2ccc(C(=O)O)cc2S(=O)(=O)O)cc1OCCCS(=O)(=O)O. The summed E-state index contributed by atoms with van der Waals surface area (Å²) in [7, 11) is -27.9. The Kier molecular flexibility index (Phi) is 25.9. The van der Waals surface area contributed by atoms with Gasteiger partial charge in [-0.15, -0.1) is 20.5 Å². The molecule has 0 fully saturated rings. The minimum Gasteiger partial charge on any atom is -0.491 e. The number of aromatic carboxylic acids is 2. The second-order valence-electron chi connectivity index (χ2n) is 20.7. The molecule has 2 amide bonds. The lowest BCUT2D eigenvalue weighted by molar-refractivity contribution is 0.0685. The highest BCUT2D eigenvalue weighted by molar-refractivity contribution is 7.87. The number of ether oxygens (including phenoxy) is 4. The van der Waals surface area contributed by atoms with Crippen molar-refractivity contribution >= 4 is 136 Å². The third kappa shape index (κ3) is 24.6. The summed E-state index contributed by atoms with van der Waals surface area (Å²) in [4.78, 5) is 35.4. The number of anilines is 2. The molecule has 43 heteroatoms. The molecule has 528 valence electrons. The van der Waals surface area contributed by atoms with Crippen molar-refractivity contribution < 1.29 is 121 Å². The van der Waals surface area contributed by atoms with Crippen molar-refractivity contribution in [3.8, 4) is 23.0 Å². The maximum Gasteiger partial charge on any atom is 0.335 e. The first-order valence-corrected chi connectivity index (χ1v) is 37.2. The number of azo groups is 4. The van der Waals surface area contributed by atoms with Crippen LogP contribution >= 0.6 is 0 Å². The highest BCUT2D eigenvalue weighted by atomic mass is 32.2. The minimum atomic E-state index is -5.03. The van der Waals surface area contributed by atoms with Crippen LogP contribution in [0.4, 0.5) is 61.7 Å². The van der Waals surface area contributed by atoms with E-state index in [1.54, 1.807) is 0 Å². The molecule has 0 atom stereocenters. The largest absolute Gasteiger partial charge is 0.491 e. The molecular formula is C55H60N10O27S6. The fourth-order valence-corrected chi connectivity index (χ4v) is 11.4. The summed E-state index contributed by atoms with van der Waals surface area (Å²) in [5.74, 6) is -6.54. The summed E-state index contributed by atoms with van der Waals surface area (Å²) in [5, 5.41) is 57.1. The monoisotopic (exact) mass is 1480 g/mol. The molecule has 10 N–H and O–H groups in total. The quantitative estimate of drug-likeness (QED) is 0.0102. The van der Waals surface area contributed by atoms with Gasteiger partial charge in [0.15, 0.2) is 0 Å². The van der Waals surface area contributed by atoms with Crippen LogP contribution in [0.1, 0.15) is 68.7 Å². The maximum absolute atomic E-state index is 14.1. The molecule has 0 aliphatic rings. The Hall–Kier alpha value is -9.41. The van der Waals surface area contributed by atoms with Gasteiger partial charge in [0.05, 0.1) is 94.7 Å². The van der Waals surface area contributed by atoms with Crippen LogP contribution in [0.5, 0.6) is 23.0 Å². The number of carbonyl (C=O) groups is 3. The zero-order chi connectivity index (χ0) is 72.7. The van der Waals surface area contributed by atoms with Gasteiger partial charge in [0.1, 0.15) is 55.5 Å². The molecule has 0 bridgehead atoms. The number of carboxylic acids is 2. The standard InChI is InChI=1S/C55H60N10O27S6/c1-31-21-43(47(89-13-5-17-93(71,72)73)27-39(31)62-64-45-23-33(3)41(29-49(45)91-15-7-19-95(77,78)79)60-58-37-11-9-35(53(66)67)25-51(37)97(83,84)85)56-55(70)57-44-22-32(2)40(28-48(44)90-14-6-18-94(74,75)76)63-65-46-24-34(4)42(30-50(46)92-16-8-20-96(80,81)82)61-59-38-12-10-36(54(68)69)26-52(38)98(86,87)88/h9-12,21-30H,5-8,13-20H2,1-4H3,(H,66,67)(H,68,69)(H2,56,57,70)(H,71,72,73)(H,74,75,76)(H,77,78,79)(H,80,81,82)(H,83,84,85)(H,86,87,88). The van der Waals surface area contributed by atoms with Crippen LogP contribution in [0.15, 0.2) is 136 Å². The summed E-state index contributed by atoms with van der Waals surface area (Å²) in [6, 6.07) is 14.8. The molecule has 0 aliphatic carbocycles. The lowest BCUT2D eigenvalue weighted by atomic mass is 10.1. The Morgan fingerprint density at radius 2 is 0.602 bits per heavy atom. The van der Waals surface area contributed by atoms with E-state index < -0.39 is 134 Å². The molecule has 0 aliphatic heterocycles. The molecule has 0 saturated carbocycles. The third-order valence-corrected chi connectivity index (χ3v) is 17.9. The average Bonchev–Trinajstić information content (AvgIpc) is 0.822. The number of urea groups is 1. The van der Waals surface area contributed by atoms with Crippen LogP contribution in [0.3, 0.4) is 0 Å². The molecular weight excluding hydrogens is 1430 g/mol. The van der Waals surface area contributed by atoms with E-state index in [1.807, 2.05) is 0 Å². The zero-order valence-electron chi connectivity index (χ0n) is 51.4. The van der Waals surface area contributed by atoms with Gasteiger partial charge in [-0.05, 0) is 136 Å². The molecule has 6 aromatic carbocycles. The molecule has 0 spiro atoms. The van der Waals surface area contributed by atoms with E-state index in [-0.39, 0.29) is 143 Å². The fourth-order valence-electron chi connectivity index (χ4n) is 8.20. The molecule has 98 heavy (non-hydrogen) atoms. The van der Waals surface area contributed by atoms with E-state index in [4.69, 9.17) is 18.9 Å². The van der Waals surface area contributed by atoms with Crippen LogP contribution in [-0.2, 0) is 60.7 Å². The first-order valence-electron chi connectivity index (χ1n) is 27.9. The predicted octanol–water partition coefficient (Wildman–Crippen LogP) is 10.7. The van der Waals surface area contributed by atoms with Crippen molar-refractivity contribution in [1.29, 1.82) is 0 Å². The minimum absolute atomic E-state index is 0.0135. The number of rotatable bonds is 34. The number of amides is 2. The van der Waals surface area contributed by atoms with Crippen LogP contribution in [0, 0.1) is 27.7 Å². The van der Waals surface area contributed by atoms with Gasteiger partial charge in [-0.25, -0.2) is 14.4 Å². The van der Waals surface area contributed by atoms with Gasteiger partial charge >= 0.3 is 18.0 Å². The molecule has 37 nitrogen and oxygen atoms in total. The van der Waals surface area contributed by atoms with Crippen molar-refractivity contribution in [3.05, 3.63) is 118 Å². The third-order valence-electron chi connectivity index (χ3n) is 12.9. The number of carbonyl (C=O) groups excluding carboxylic acids is 1. The van der Waals surface area contributed by atoms with Crippen LogP contribution in [0.2, 0.25) is 0 Å². The van der Waals surface area contributed by atoms with E-state index in [2.05, 4.69) is 51.5 Å². The molecule has 0 saturated heterocycles. The van der Waals surface area contributed by atoms with Crippen molar-refractivity contribution in [3.63, 3.8) is 0 Å². The maximum atomic E-state index is 14.1. The zero-order valence-corrected chi connectivity index (χ0v) is 56.3. The Morgan fingerprint density at radius 1 is 0.347 bits per heavy atom. The molecule has 0 heterocycles. The Labute approximate surface area is 559 Å². The van der Waals surface area contributed by atoms with E-state index in [0.717, 1.165) is 24.3 Å². The molecule has 6 aromatic rings. The lowest BCUT2D eigenvalue weighted by Gasteiger charge is -2.17. The highest BCUT2D eigenvalue weighted by Crippen LogP contribution is 2.42. The average molecular weight is 1490 g/mol. The number of carboxylic acid groups (broad SMARTS) is 2. The fraction of sp³-hybridized carbons (Fsp3) is 0.291. The van der Waals surface area contributed by atoms with Crippen molar-refractivity contribution in [2.75, 3.05) is 60.1 Å². The van der Waals surface area contributed by atoms with Crippen molar-refractivity contribution in [2.45, 2.75) is 63.2 Å². The van der Waals surface area contributed by atoms with E-state index in [1.165, 1.54) is 76.2 Å². The molecule has 6 rings (SSSR count).